The summed E-state index contributed by atoms with van der Waals surface area (Å²) in [4.78, 5) is 52.8. The maximum absolute atomic E-state index is 13.0. The van der Waals surface area contributed by atoms with Crippen LogP contribution >= 0.6 is 11.3 Å². The van der Waals surface area contributed by atoms with E-state index in [1.807, 2.05) is 13.8 Å². The average Bonchev–Trinajstić information content (AvgIpc) is 2.97. The molecule has 29 heavy (non-hydrogen) atoms. The molecule has 2 rings (SSSR count). The van der Waals surface area contributed by atoms with Gasteiger partial charge >= 0.3 is 10.6 Å². The van der Waals surface area contributed by atoms with Crippen LogP contribution in [0.2, 0.25) is 0 Å². The van der Waals surface area contributed by atoms with E-state index in [4.69, 9.17) is 10.5 Å². The van der Waals surface area contributed by atoms with Crippen molar-refractivity contribution in [2.75, 3.05) is 30.9 Å². The number of methoxy groups -OCH3 is 1. The van der Waals surface area contributed by atoms with Crippen LogP contribution in [-0.4, -0.2) is 40.3 Å². The Kier molecular flexibility index (Phi) is 7.57. The van der Waals surface area contributed by atoms with E-state index in [1.54, 1.807) is 12.3 Å². The number of aryl methyl sites for hydroxylation is 1. The van der Waals surface area contributed by atoms with Crippen molar-refractivity contribution in [2.24, 2.45) is 5.92 Å². The molecular formula is C18H27N5O5S. The number of nitrogens with one attached hydrogen (secondary N) is 1. The SMILES string of the molecule is COCCN(C(=O)CCn1c(C)csc1=O)c1c(N)n(CC(C)C)c(=O)[nH]c1=O. The topological polar surface area (TPSA) is 132 Å². The first-order valence-corrected chi connectivity index (χ1v) is 10.1. The molecule has 1 amide bonds. The van der Waals surface area contributed by atoms with Crippen LogP contribution in [0.15, 0.2) is 19.8 Å². The van der Waals surface area contributed by atoms with Crippen LogP contribution in [-0.2, 0) is 22.6 Å². The first-order valence-electron chi connectivity index (χ1n) is 9.24. The minimum absolute atomic E-state index is 0.0105. The molecule has 0 aliphatic heterocycles. The molecule has 0 fully saturated rings. The van der Waals surface area contributed by atoms with Crippen molar-refractivity contribution >= 4 is 28.7 Å². The number of hydrogen-bond donors (Lipinski definition) is 2. The number of nitrogens with two attached hydrogens (primary N) is 1. The third-order valence-corrected chi connectivity index (χ3v) is 5.26. The highest BCUT2D eigenvalue weighted by atomic mass is 32.1. The molecule has 0 unspecified atom stereocenters. The fourth-order valence-electron chi connectivity index (χ4n) is 2.95. The van der Waals surface area contributed by atoms with Gasteiger partial charge in [0.05, 0.1) is 6.61 Å². The van der Waals surface area contributed by atoms with E-state index in [9.17, 15) is 19.2 Å². The van der Waals surface area contributed by atoms with Crippen LogP contribution in [0.3, 0.4) is 0 Å². The van der Waals surface area contributed by atoms with Crippen molar-refractivity contribution in [3.63, 3.8) is 0 Å². The smallest absolute Gasteiger partial charge is 0.330 e. The average molecular weight is 426 g/mol. The van der Waals surface area contributed by atoms with Crippen LogP contribution in [0.25, 0.3) is 0 Å². The number of aromatic amines is 1. The number of carbonyl (C=O) groups excluding carboxylic acids is 1. The predicted octanol–water partition coefficient (Wildman–Crippen LogP) is 0.376. The molecule has 0 bridgehead atoms. The molecule has 0 aliphatic carbocycles. The number of carbonyl (C=O) groups is 1. The summed E-state index contributed by atoms with van der Waals surface area (Å²) in [6, 6.07) is 0. The number of rotatable bonds is 9. The van der Waals surface area contributed by atoms with Crippen LogP contribution in [0.4, 0.5) is 11.5 Å². The van der Waals surface area contributed by atoms with E-state index in [-0.39, 0.29) is 48.4 Å². The summed E-state index contributed by atoms with van der Waals surface area (Å²) in [5.74, 6) is -0.363. The quantitative estimate of drug-likeness (QED) is 0.597. The summed E-state index contributed by atoms with van der Waals surface area (Å²) < 4.78 is 7.82. The number of hydrogen-bond acceptors (Lipinski definition) is 7. The minimum Gasteiger partial charge on any atom is -0.383 e. The van der Waals surface area contributed by atoms with E-state index >= 15 is 0 Å². The number of thiazole rings is 1. The number of nitrogen functional groups attached to an aromatic ring is 1. The molecule has 10 nitrogen and oxygen atoms in total. The van der Waals surface area contributed by atoms with Gasteiger partial charge in [0.2, 0.25) is 5.91 Å². The lowest BCUT2D eigenvalue weighted by atomic mass is 10.2. The second-order valence-electron chi connectivity index (χ2n) is 7.08. The van der Waals surface area contributed by atoms with Crippen LogP contribution in [0, 0.1) is 12.8 Å². The summed E-state index contributed by atoms with van der Waals surface area (Å²) in [7, 11) is 1.48. The number of anilines is 2. The van der Waals surface area contributed by atoms with Gasteiger partial charge in [-0.25, -0.2) is 4.79 Å². The monoisotopic (exact) mass is 425 g/mol. The third kappa shape index (κ3) is 5.24. The Morgan fingerprint density at radius 3 is 2.55 bits per heavy atom. The Labute approximate surface area is 171 Å². The van der Waals surface area contributed by atoms with Crippen LogP contribution in [0.1, 0.15) is 26.0 Å². The predicted molar refractivity (Wildman–Crippen MR) is 113 cm³/mol. The maximum Gasteiger partial charge on any atom is 0.330 e. The van der Waals surface area contributed by atoms with Gasteiger partial charge in [-0.2, -0.15) is 0 Å². The Bertz CT molecular complexity index is 1030. The molecule has 160 valence electrons. The highest BCUT2D eigenvalue weighted by Gasteiger charge is 2.24. The normalized spacial score (nSPS) is 11.2. The van der Waals surface area contributed by atoms with E-state index in [1.165, 1.54) is 21.1 Å². The molecule has 0 aromatic carbocycles. The molecule has 0 radical (unpaired) electrons. The molecule has 0 saturated heterocycles. The molecule has 0 aliphatic rings. The molecule has 0 atom stereocenters. The van der Waals surface area contributed by atoms with Gasteiger partial charge in [-0.3, -0.25) is 23.9 Å². The van der Waals surface area contributed by atoms with Crippen molar-refractivity contribution in [2.45, 2.75) is 40.3 Å². The van der Waals surface area contributed by atoms with Gasteiger partial charge in [0.25, 0.3) is 5.56 Å². The summed E-state index contributed by atoms with van der Waals surface area (Å²) in [6.45, 7) is 6.34. The molecule has 2 aromatic heterocycles. The zero-order chi connectivity index (χ0) is 21.7. The lowest BCUT2D eigenvalue weighted by molar-refractivity contribution is -0.119. The standard InChI is InChI=1S/C18H27N5O5S/c1-11(2)9-23-15(19)14(16(25)20-17(23)26)22(7-8-28-4)13(24)5-6-21-12(3)10-29-18(21)27/h10-11H,5-9,19H2,1-4H3,(H,20,25,26). The molecule has 0 spiro atoms. The van der Waals surface area contributed by atoms with Gasteiger partial charge in [0.15, 0.2) is 5.69 Å². The van der Waals surface area contributed by atoms with Crippen molar-refractivity contribution in [3.05, 3.63) is 41.6 Å². The zero-order valence-corrected chi connectivity index (χ0v) is 17.9. The lowest BCUT2D eigenvalue weighted by Gasteiger charge is -2.25. The number of amides is 1. The minimum atomic E-state index is -0.735. The third-order valence-electron chi connectivity index (χ3n) is 4.38. The fraction of sp³-hybridized carbons (Fsp3) is 0.556. The number of nitrogens with zero attached hydrogens (tertiary/aromatic N) is 3. The lowest BCUT2D eigenvalue weighted by Crippen LogP contribution is -2.43. The molecule has 0 saturated carbocycles. The van der Waals surface area contributed by atoms with Crippen molar-refractivity contribution in [3.8, 4) is 0 Å². The second-order valence-corrected chi connectivity index (χ2v) is 7.90. The van der Waals surface area contributed by atoms with E-state index in [0.29, 0.717) is 6.54 Å². The molecule has 11 heteroatoms. The largest absolute Gasteiger partial charge is 0.383 e. The van der Waals surface area contributed by atoms with Gasteiger partial charge in [-0.05, 0) is 12.8 Å². The van der Waals surface area contributed by atoms with Crippen LogP contribution < -0.4 is 26.8 Å². The van der Waals surface area contributed by atoms with Gasteiger partial charge in [0.1, 0.15) is 5.82 Å². The summed E-state index contributed by atoms with van der Waals surface area (Å²) in [5, 5.41) is 1.72. The Balaban J connectivity index is 2.41. The molecular weight excluding hydrogens is 398 g/mol. The van der Waals surface area contributed by atoms with E-state index in [0.717, 1.165) is 17.0 Å². The van der Waals surface area contributed by atoms with Crippen molar-refractivity contribution in [1.29, 1.82) is 0 Å². The van der Waals surface area contributed by atoms with Crippen LogP contribution in [0.5, 0.6) is 0 Å². The molecule has 2 aromatic rings. The number of H-pyrrole nitrogens is 1. The summed E-state index contributed by atoms with van der Waals surface area (Å²) in [5.41, 5.74) is 5.46. The van der Waals surface area contributed by atoms with Crippen molar-refractivity contribution in [1.82, 2.24) is 14.1 Å². The number of ether oxygens (including phenoxy) is 1. The van der Waals surface area contributed by atoms with Gasteiger partial charge in [-0.15, -0.1) is 0 Å². The fourth-order valence-corrected chi connectivity index (χ4v) is 3.71. The van der Waals surface area contributed by atoms with Crippen molar-refractivity contribution < 1.29 is 9.53 Å². The van der Waals surface area contributed by atoms with E-state index in [2.05, 4.69) is 4.98 Å². The Morgan fingerprint density at radius 1 is 1.31 bits per heavy atom. The highest BCUT2D eigenvalue weighted by molar-refractivity contribution is 7.07. The Morgan fingerprint density at radius 2 is 2.00 bits per heavy atom. The van der Waals surface area contributed by atoms with Gasteiger partial charge in [0, 0.05) is 44.2 Å². The van der Waals surface area contributed by atoms with Gasteiger partial charge in [-0.1, -0.05) is 25.2 Å². The maximum atomic E-state index is 13.0. The first kappa shape index (κ1) is 22.6. The summed E-state index contributed by atoms with van der Waals surface area (Å²) in [6.07, 6.45) is -0.0105. The number of aromatic nitrogens is 3. The second kappa shape index (κ2) is 9.70. The van der Waals surface area contributed by atoms with Gasteiger partial charge < -0.3 is 19.9 Å². The van der Waals surface area contributed by atoms with E-state index < -0.39 is 17.2 Å². The summed E-state index contributed by atoms with van der Waals surface area (Å²) >= 11 is 1.06. The Hall–Kier alpha value is -2.66. The molecule has 3 N–H and O–H groups in total. The molecule has 2 heterocycles. The first-order chi connectivity index (χ1) is 13.7. The highest BCUT2D eigenvalue weighted by Crippen LogP contribution is 2.19. The zero-order valence-electron chi connectivity index (χ0n) is 17.1.